The number of carbonyl (C=O) groups is 2. The quantitative estimate of drug-likeness (QED) is 0.387. The highest BCUT2D eigenvalue weighted by atomic mass is 16.5. The second kappa shape index (κ2) is 8.55. The summed E-state index contributed by atoms with van der Waals surface area (Å²) in [6, 6.07) is 0. The predicted octanol–water partition coefficient (Wildman–Crippen LogP) is 5.20. The molecule has 0 heterocycles. The number of hydrogen-bond acceptors (Lipinski definition) is 6. The first-order valence-electron chi connectivity index (χ1n) is 14.5. The molecule has 208 valence electrons. The normalized spacial score (nSPS) is 48.6. The molecule has 5 rings (SSSR count). The summed E-state index contributed by atoms with van der Waals surface area (Å²) in [5.41, 5.74) is 1.39. The fourth-order valence-corrected chi connectivity index (χ4v) is 10.7. The van der Waals surface area contributed by atoms with E-state index in [1.807, 2.05) is 0 Å². The molecular formula is C31H48O6. The molecule has 0 spiro atoms. The molecule has 9 unspecified atom stereocenters. The van der Waals surface area contributed by atoms with E-state index >= 15 is 0 Å². The van der Waals surface area contributed by atoms with Crippen LogP contribution in [0.2, 0.25) is 0 Å². The standard InChI is InChI=1S/C31H48O6/c1-27(2)14-15-31(26(35)37-7)13-10-19-18(20(31)16-27)8-9-22-28(19,3)12-11-23-29(22,4)17-21(32)24(33)30(23,5)25(34)36-6/h20-24,32-33H,8-17H2,1-7H3. The van der Waals surface area contributed by atoms with Gasteiger partial charge in [-0.1, -0.05) is 38.8 Å². The fourth-order valence-electron chi connectivity index (χ4n) is 10.7. The number of hydrogen-bond donors (Lipinski definition) is 2. The molecule has 0 saturated heterocycles. The maximum atomic E-state index is 13.3. The van der Waals surface area contributed by atoms with Gasteiger partial charge in [0.1, 0.15) is 0 Å². The molecule has 0 aromatic heterocycles. The van der Waals surface area contributed by atoms with Gasteiger partial charge in [0, 0.05) is 0 Å². The van der Waals surface area contributed by atoms with Crippen molar-refractivity contribution in [3.8, 4) is 0 Å². The Hall–Kier alpha value is -1.40. The maximum absolute atomic E-state index is 13.3. The first-order valence-corrected chi connectivity index (χ1v) is 14.5. The minimum atomic E-state index is -1.13. The Morgan fingerprint density at radius 1 is 0.811 bits per heavy atom. The van der Waals surface area contributed by atoms with Crippen molar-refractivity contribution in [2.75, 3.05) is 14.2 Å². The van der Waals surface area contributed by atoms with E-state index in [1.165, 1.54) is 12.7 Å². The van der Waals surface area contributed by atoms with Crippen molar-refractivity contribution in [1.82, 2.24) is 0 Å². The highest BCUT2D eigenvalue weighted by Crippen LogP contribution is 2.71. The van der Waals surface area contributed by atoms with Crippen molar-refractivity contribution in [3.63, 3.8) is 0 Å². The van der Waals surface area contributed by atoms with E-state index in [1.54, 1.807) is 19.6 Å². The van der Waals surface area contributed by atoms with Gasteiger partial charge in [0.15, 0.2) is 0 Å². The summed E-state index contributed by atoms with van der Waals surface area (Å²) in [6.07, 6.45) is 6.87. The molecule has 5 aliphatic carbocycles. The van der Waals surface area contributed by atoms with Crippen LogP contribution in [-0.4, -0.2) is 48.6 Å². The van der Waals surface area contributed by atoms with Crippen LogP contribution in [0.15, 0.2) is 11.1 Å². The van der Waals surface area contributed by atoms with Gasteiger partial charge in [0.2, 0.25) is 0 Å². The lowest BCUT2D eigenvalue weighted by atomic mass is 9.38. The predicted molar refractivity (Wildman–Crippen MR) is 140 cm³/mol. The second-order valence-corrected chi connectivity index (χ2v) is 14.7. The molecule has 3 saturated carbocycles. The van der Waals surface area contributed by atoms with E-state index in [2.05, 4.69) is 27.7 Å². The average molecular weight is 517 g/mol. The molecular weight excluding hydrogens is 468 g/mol. The Balaban J connectivity index is 1.58. The Kier molecular flexibility index (Phi) is 6.28. The average Bonchev–Trinajstić information content (AvgIpc) is 2.85. The lowest BCUT2D eigenvalue weighted by Gasteiger charge is -2.67. The van der Waals surface area contributed by atoms with Crippen LogP contribution in [0.25, 0.3) is 0 Å². The van der Waals surface area contributed by atoms with Gasteiger partial charge in [-0.25, -0.2) is 0 Å². The summed E-state index contributed by atoms with van der Waals surface area (Å²) < 4.78 is 10.6. The second-order valence-electron chi connectivity index (χ2n) is 14.7. The lowest BCUT2D eigenvalue weighted by Crippen LogP contribution is -2.66. The Labute approximate surface area is 222 Å². The molecule has 2 N–H and O–H groups in total. The van der Waals surface area contributed by atoms with E-state index < -0.39 is 29.0 Å². The van der Waals surface area contributed by atoms with Gasteiger partial charge in [0.05, 0.1) is 37.3 Å². The van der Waals surface area contributed by atoms with Crippen LogP contribution in [0, 0.1) is 44.8 Å². The van der Waals surface area contributed by atoms with Crippen LogP contribution < -0.4 is 0 Å². The van der Waals surface area contributed by atoms with Gasteiger partial charge >= 0.3 is 11.9 Å². The van der Waals surface area contributed by atoms with Crippen molar-refractivity contribution in [2.45, 2.75) is 111 Å². The SMILES string of the molecule is COC(=O)C12CCC3=C(CCC4C3(C)CCC3C4(C)CC(O)C(O)C3(C)C(=O)OC)C1CC(C)(C)CC2. The molecule has 9 atom stereocenters. The number of aliphatic hydroxyl groups is 2. The molecule has 5 aliphatic rings. The zero-order valence-corrected chi connectivity index (χ0v) is 24.0. The molecule has 0 bridgehead atoms. The van der Waals surface area contributed by atoms with Crippen molar-refractivity contribution < 1.29 is 29.3 Å². The van der Waals surface area contributed by atoms with Gasteiger partial charge < -0.3 is 19.7 Å². The van der Waals surface area contributed by atoms with Gasteiger partial charge in [0.25, 0.3) is 0 Å². The Bertz CT molecular complexity index is 1020. The summed E-state index contributed by atoms with van der Waals surface area (Å²) in [6.45, 7) is 11.2. The van der Waals surface area contributed by atoms with Crippen molar-refractivity contribution >= 4 is 11.9 Å². The highest BCUT2D eigenvalue weighted by molar-refractivity contribution is 5.79. The molecule has 0 radical (unpaired) electrons. The smallest absolute Gasteiger partial charge is 0.314 e. The van der Waals surface area contributed by atoms with E-state index in [0.717, 1.165) is 57.8 Å². The number of ether oxygens (including phenoxy) is 2. The summed E-state index contributed by atoms with van der Waals surface area (Å²) >= 11 is 0. The number of carbonyl (C=O) groups excluding carboxylic acids is 2. The van der Waals surface area contributed by atoms with Crippen LogP contribution >= 0.6 is 0 Å². The van der Waals surface area contributed by atoms with E-state index in [-0.39, 0.29) is 34.1 Å². The molecule has 6 nitrogen and oxygen atoms in total. The minimum Gasteiger partial charge on any atom is -0.469 e. The van der Waals surface area contributed by atoms with Crippen LogP contribution in [-0.2, 0) is 19.1 Å². The monoisotopic (exact) mass is 516 g/mol. The maximum Gasteiger partial charge on any atom is 0.314 e. The lowest BCUT2D eigenvalue weighted by molar-refractivity contribution is -0.226. The highest BCUT2D eigenvalue weighted by Gasteiger charge is 2.68. The fraction of sp³-hybridized carbons (Fsp3) is 0.871. The largest absolute Gasteiger partial charge is 0.469 e. The van der Waals surface area contributed by atoms with Crippen LogP contribution in [0.5, 0.6) is 0 Å². The van der Waals surface area contributed by atoms with Crippen LogP contribution in [0.1, 0.15) is 98.8 Å². The van der Waals surface area contributed by atoms with Gasteiger partial charge in [-0.3, -0.25) is 9.59 Å². The van der Waals surface area contributed by atoms with Crippen molar-refractivity contribution in [3.05, 3.63) is 11.1 Å². The molecule has 0 amide bonds. The molecule has 6 heteroatoms. The third kappa shape index (κ3) is 3.49. The van der Waals surface area contributed by atoms with E-state index in [4.69, 9.17) is 9.47 Å². The number of methoxy groups -OCH3 is 2. The first-order chi connectivity index (χ1) is 17.2. The summed E-state index contributed by atoms with van der Waals surface area (Å²) in [7, 11) is 2.92. The number of esters is 2. The summed E-state index contributed by atoms with van der Waals surface area (Å²) in [4.78, 5) is 26.4. The third-order valence-corrected chi connectivity index (χ3v) is 12.6. The van der Waals surface area contributed by atoms with Gasteiger partial charge in [-0.2, -0.15) is 0 Å². The van der Waals surface area contributed by atoms with E-state index in [0.29, 0.717) is 12.3 Å². The number of rotatable bonds is 2. The molecule has 37 heavy (non-hydrogen) atoms. The van der Waals surface area contributed by atoms with Crippen molar-refractivity contribution in [2.24, 2.45) is 44.8 Å². The van der Waals surface area contributed by atoms with Gasteiger partial charge in [-0.05, 0) is 105 Å². The van der Waals surface area contributed by atoms with E-state index in [9.17, 15) is 19.8 Å². The van der Waals surface area contributed by atoms with Crippen LogP contribution in [0.3, 0.4) is 0 Å². The Morgan fingerprint density at radius 3 is 2.14 bits per heavy atom. The number of allylic oxidation sites excluding steroid dienone is 2. The molecule has 0 aliphatic heterocycles. The number of fused-ring (bicyclic) bond motifs is 6. The van der Waals surface area contributed by atoms with Gasteiger partial charge in [-0.15, -0.1) is 0 Å². The first kappa shape index (κ1) is 27.2. The molecule has 0 aromatic carbocycles. The summed E-state index contributed by atoms with van der Waals surface area (Å²) in [5.74, 6) is 0.0261. The Morgan fingerprint density at radius 2 is 1.49 bits per heavy atom. The van der Waals surface area contributed by atoms with Crippen molar-refractivity contribution in [1.29, 1.82) is 0 Å². The summed E-state index contributed by atoms with van der Waals surface area (Å²) in [5, 5.41) is 22.2. The zero-order chi connectivity index (χ0) is 27.2. The molecule has 3 fully saturated rings. The molecule has 0 aromatic rings. The topological polar surface area (TPSA) is 93.1 Å². The zero-order valence-electron chi connectivity index (χ0n) is 24.0. The number of aliphatic hydroxyl groups excluding tert-OH is 2. The minimum absolute atomic E-state index is 0.0271. The van der Waals surface area contributed by atoms with Crippen LogP contribution in [0.4, 0.5) is 0 Å². The third-order valence-electron chi connectivity index (χ3n) is 12.6.